The summed E-state index contributed by atoms with van der Waals surface area (Å²) in [5, 5.41) is 14.7. The Kier molecular flexibility index (Phi) is 4.90. The average Bonchev–Trinajstić information content (AvgIpc) is 2.71. The maximum Gasteiger partial charge on any atom is 0.247 e. The van der Waals surface area contributed by atoms with Crippen LogP contribution in [0.1, 0.15) is 24.3 Å². The van der Waals surface area contributed by atoms with E-state index in [1.807, 2.05) is 54.6 Å². The standard InChI is InChI=1S/C21H23N3O3/c25-19-13-24(11-10-15(19)14-6-2-1-3-7-14)20(26)12-18-16-8-4-5-9-17(16)21(27)23-22-18/h1-9,15-17,19,25H,10-13H2,(H,23,27)/t15-,16?,17?,19+/m0/s1. The van der Waals surface area contributed by atoms with Crippen molar-refractivity contribution in [3.8, 4) is 0 Å². The number of aliphatic hydroxyl groups excluding tert-OH is 1. The Balaban J connectivity index is 1.40. The van der Waals surface area contributed by atoms with Gasteiger partial charge in [-0.2, -0.15) is 5.10 Å². The van der Waals surface area contributed by atoms with E-state index in [0.29, 0.717) is 18.8 Å². The maximum atomic E-state index is 12.8. The zero-order valence-electron chi connectivity index (χ0n) is 15.0. The molecule has 4 rings (SSSR count). The first-order valence-corrected chi connectivity index (χ1v) is 9.35. The van der Waals surface area contributed by atoms with Crippen molar-refractivity contribution in [3.63, 3.8) is 0 Å². The molecule has 1 aliphatic carbocycles. The number of benzene rings is 1. The fourth-order valence-electron chi connectivity index (χ4n) is 4.12. The van der Waals surface area contributed by atoms with E-state index in [9.17, 15) is 14.7 Å². The predicted octanol–water partition coefficient (Wildman–Crippen LogP) is 1.60. The van der Waals surface area contributed by atoms with Gasteiger partial charge < -0.3 is 10.0 Å². The van der Waals surface area contributed by atoms with Gasteiger partial charge in [0.05, 0.1) is 24.2 Å². The summed E-state index contributed by atoms with van der Waals surface area (Å²) in [6, 6.07) is 9.94. The number of likely N-dealkylation sites (tertiary alicyclic amines) is 1. The third kappa shape index (κ3) is 3.57. The first kappa shape index (κ1) is 17.7. The molecule has 1 aromatic rings. The van der Waals surface area contributed by atoms with Crippen molar-refractivity contribution in [2.24, 2.45) is 16.9 Å². The normalized spacial score (nSPS) is 29.7. The zero-order valence-corrected chi connectivity index (χ0v) is 15.0. The highest BCUT2D eigenvalue weighted by molar-refractivity contribution is 6.07. The van der Waals surface area contributed by atoms with Crippen LogP contribution >= 0.6 is 0 Å². The smallest absolute Gasteiger partial charge is 0.247 e. The predicted molar refractivity (Wildman–Crippen MR) is 102 cm³/mol. The molecule has 3 aliphatic rings. The Hall–Kier alpha value is -2.73. The molecule has 2 aliphatic heterocycles. The molecular weight excluding hydrogens is 342 g/mol. The molecule has 27 heavy (non-hydrogen) atoms. The van der Waals surface area contributed by atoms with Crippen LogP contribution in [-0.2, 0) is 9.59 Å². The third-order valence-electron chi connectivity index (χ3n) is 5.63. The molecule has 0 spiro atoms. The molecule has 6 nitrogen and oxygen atoms in total. The number of aliphatic hydroxyl groups is 1. The summed E-state index contributed by atoms with van der Waals surface area (Å²) >= 11 is 0. The molecule has 6 heteroatoms. The molecule has 2 N–H and O–H groups in total. The fourth-order valence-corrected chi connectivity index (χ4v) is 4.12. The van der Waals surface area contributed by atoms with Crippen LogP contribution in [0.2, 0.25) is 0 Å². The van der Waals surface area contributed by atoms with Crippen LogP contribution in [-0.4, -0.2) is 46.7 Å². The Labute approximate surface area is 158 Å². The molecular formula is C21H23N3O3. The average molecular weight is 365 g/mol. The Morgan fingerprint density at radius 1 is 1.19 bits per heavy atom. The van der Waals surface area contributed by atoms with Crippen molar-refractivity contribution in [2.45, 2.75) is 24.9 Å². The fraction of sp³-hybridized carbons (Fsp3) is 0.381. The second kappa shape index (κ2) is 7.48. The molecule has 1 fully saturated rings. The van der Waals surface area contributed by atoms with Gasteiger partial charge in [0.25, 0.3) is 0 Å². The molecule has 0 radical (unpaired) electrons. The number of nitrogens with one attached hydrogen (secondary N) is 1. The van der Waals surface area contributed by atoms with E-state index < -0.39 is 6.10 Å². The Morgan fingerprint density at radius 3 is 2.67 bits per heavy atom. The number of carbonyl (C=O) groups excluding carboxylic acids is 2. The molecule has 1 saturated heterocycles. The van der Waals surface area contributed by atoms with Gasteiger partial charge in [-0.3, -0.25) is 9.59 Å². The molecule has 4 atom stereocenters. The highest BCUT2D eigenvalue weighted by Crippen LogP contribution is 2.30. The van der Waals surface area contributed by atoms with Crippen molar-refractivity contribution in [3.05, 3.63) is 60.2 Å². The lowest BCUT2D eigenvalue weighted by Crippen LogP contribution is -2.48. The SMILES string of the molecule is O=C1NN=C(CC(=O)N2CC[C@@H](c3ccccc3)[C@H](O)C2)C2C=CC=CC12. The summed E-state index contributed by atoms with van der Waals surface area (Å²) in [6.07, 6.45) is 7.80. The van der Waals surface area contributed by atoms with Gasteiger partial charge in [0, 0.05) is 24.9 Å². The first-order chi connectivity index (χ1) is 13.1. The zero-order chi connectivity index (χ0) is 18.8. The minimum absolute atomic E-state index is 0.0531. The van der Waals surface area contributed by atoms with E-state index in [1.54, 1.807) is 4.90 Å². The van der Waals surface area contributed by atoms with Gasteiger partial charge in [-0.05, 0) is 12.0 Å². The largest absolute Gasteiger partial charge is 0.391 e. The van der Waals surface area contributed by atoms with Gasteiger partial charge in [0.1, 0.15) is 0 Å². The monoisotopic (exact) mass is 365 g/mol. The summed E-state index contributed by atoms with van der Waals surface area (Å²) in [5.41, 5.74) is 4.30. The van der Waals surface area contributed by atoms with Gasteiger partial charge >= 0.3 is 0 Å². The number of β-amino-alcohol motifs (C(OH)–C–C–N with tert-alkyl or cyclic N) is 1. The third-order valence-corrected chi connectivity index (χ3v) is 5.63. The summed E-state index contributed by atoms with van der Waals surface area (Å²) in [7, 11) is 0. The lowest BCUT2D eigenvalue weighted by molar-refractivity contribution is -0.133. The molecule has 2 amide bonds. The van der Waals surface area contributed by atoms with Gasteiger partial charge in [-0.1, -0.05) is 54.6 Å². The van der Waals surface area contributed by atoms with Crippen LogP contribution in [0, 0.1) is 11.8 Å². The number of nitrogens with zero attached hydrogens (tertiary/aromatic N) is 2. The molecule has 2 unspecified atom stereocenters. The van der Waals surface area contributed by atoms with E-state index in [4.69, 9.17) is 0 Å². The van der Waals surface area contributed by atoms with E-state index in [-0.39, 0.29) is 36.0 Å². The van der Waals surface area contributed by atoms with Crippen LogP contribution in [0.25, 0.3) is 0 Å². The van der Waals surface area contributed by atoms with E-state index in [2.05, 4.69) is 10.5 Å². The topological polar surface area (TPSA) is 82.0 Å². The van der Waals surface area contributed by atoms with Crippen LogP contribution < -0.4 is 5.43 Å². The molecule has 1 aromatic carbocycles. The number of allylic oxidation sites excluding steroid dienone is 3. The molecule has 0 saturated carbocycles. The van der Waals surface area contributed by atoms with Gasteiger partial charge in [-0.25, -0.2) is 5.43 Å². The minimum atomic E-state index is -0.580. The number of rotatable bonds is 3. The molecule has 140 valence electrons. The Morgan fingerprint density at radius 2 is 1.93 bits per heavy atom. The summed E-state index contributed by atoms with van der Waals surface area (Å²) < 4.78 is 0. The van der Waals surface area contributed by atoms with E-state index in [1.165, 1.54) is 0 Å². The van der Waals surface area contributed by atoms with Crippen LogP contribution in [0.3, 0.4) is 0 Å². The number of hydrogen-bond acceptors (Lipinski definition) is 4. The van der Waals surface area contributed by atoms with Crippen LogP contribution in [0.15, 0.2) is 59.7 Å². The summed E-state index contributed by atoms with van der Waals surface area (Å²) in [6.45, 7) is 0.931. The Bertz CT molecular complexity index is 815. The number of carbonyl (C=O) groups is 2. The number of hydrazone groups is 1. The molecule has 2 heterocycles. The lowest BCUT2D eigenvalue weighted by Gasteiger charge is -2.37. The number of amides is 2. The van der Waals surface area contributed by atoms with Crippen LogP contribution in [0.5, 0.6) is 0 Å². The minimum Gasteiger partial charge on any atom is -0.391 e. The van der Waals surface area contributed by atoms with Crippen molar-refractivity contribution in [2.75, 3.05) is 13.1 Å². The van der Waals surface area contributed by atoms with Crippen molar-refractivity contribution < 1.29 is 14.7 Å². The number of hydrogen-bond donors (Lipinski definition) is 2. The van der Waals surface area contributed by atoms with Crippen molar-refractivity contribution in [1.29, 1.82) is 0 Å². The van der Waals surface area contributed by atoms with Gasteiger partial charge in [-0.15, -0.1) is 0 Å². The van der Waals surface area contributed by atoms with Gasteiger partial charge in [0.15, 0.2) is 0 Å². The summed E-state index contributed by atoms with van der Waals surface area (Å²) in [5.74, 6) is -0.616. The van der Waals surface area contributed by atoms with E-state index in [0.717, 1.165) is 12.0 Å². The molecule has 0 aromatic heterocycles. The lowest BCUT2D eigenvalue weighted by atomic mass is 9.82. The second-order valence-corrected chi connectivity index (χ2v) is 7.29. The quantitative estimate of drug-likeness (QED) is 0.854. The van der Waals surface area contributed by atoms with E-state index >= 15 is 0 Å². The number of fused-ring (bicyclic) bond motifs is 1. The first-order valence-electron chi connectivity index (χ1n) is 9.35. The summed E-state index contributed by atoms with van der Waals surface area (Å²) in [4.78, 5) is 26.4. The van der Waals surface area contributed by atoms with Crippen LogP contribution in [0.4, 0.5) is 0 Å². The number of piperidine rings is 1. The maximum absolute atomic E-state index is 12.8. The van der Waals surface area contributed by atoms with Gasteiger partial charge in [0.2, 0.25) is 11.8 Å². The molecule has 0 bridgehead atoms. The van der Waals surface area contributed by atoms with Crippen molar-refractivity contribution >= 4 is 17.5 Å². The van der Waals surface area contributed by atoms with Crippen molar-refractivity contribution in [1.82, 2.24) is 10.3 Å². The second-order valence-electron chi connectivity index (χ2n) is 7.29. The highest BCUT2D eigenvalue weighted by atomic mass is 16.3. The highest BCUT2D eigenvalue weighted by Gasteiger charge is 2.36.